The van der Waals surface area contributed by atoms with Crippen LogP contribution in [0.25, 0.3) is 0 Å². The number of rotatable bonds is 7. The smallest absolute Gasteiger partial charge is 0.342 e. The number of nitro groups is 1. The molecule has 1 heterocycles. The molecule has 0 saturated heterocycles. The van der Waals surface area contributed by atoms with Crippen molar-refractivity contribution in [3.63, 3.8) is 0 Å². The molecule has 104 valence electrons. The first-order chi connectivity index (χ1) is 8.95. The number of nitrogens with zero attached hydrogens (tertiary/aromatic N) is 2. The van der Waals surface area contributed by atoms with Crippen LogP contribution in [0.3, 0.4) is 0 Å². The standard InChI is InChI=1S/C11H15N3O5/c1-3-19-6-7(2)13-10-4-8(11(15)16)9(5-12-10)14(17)18/h4-5,7H,3,6H2,1-2H3,(H,12,13)(H,15,16). The Labute approximate surface area is 109 Å². The lowest BCUT2D eigenvalue weighted by Gasteiger charge is -2.14. The van der Waals surface area contributed by atoms with E-state index in [4.69, 9.17) is 9.84 Å². The maximum absolute atomic E-state index is 11.0. The number of hydrogen-bond donors (Lipinski definition) is 2. The average molecular weight is 269 g/mol. The number of nitrogens with one attached hydrogen (secondary N) is 1. The molecule has 0 bridgehead atoms. The van der Waals surface area contributed by atoms with Gasteiger partial charge in [-0.2, -0.15) is 0 Å². The fourth-order valence-corrected chi connectivity index (χ4v) is 1.43. The van der Waals surface area contributed by atoms with E-state index in [9.17, 15) is 14.9 Å². The van der Waals surface area contributed by atoms with Gasteiger partial charge in [0.15, 0.2) is 0 Å². The zero-order chi connectivity index (χ0) is 14.4. The maximum atomic E-state index is 11.0. The second-order valence-corrected chi connectivity index (χ2v) is 3.85. The predicted octanol–water partition coefficient (Wildman–Crippen LogP) is 1.52. The van der Waals surface area contributed by atoms with Crippen LogP contribution in [-0.2, 0) is 4.74 Å². The highest BCUT2D eigenvalue weighted by atomic mass is 16.6. The fraction of sp³-hybridized carbons (Fsp3) is 0.455. The summed E-state index contributed by atoms with van der Waals surface area (Å²) in [7, 11) is 0. The van der Waals surface area contributed by atoms with Gasteiger partial charge in [0, 0.05) is 18.7 Å². The van der Waals surface area contributed by atoms with Gasteiger partial charge in [0.25, 0.3) is 0 Å². The number of carboxylic acids is 1. The molecule has 0 fully saturated rings. The number of aromatic carboxylic acids is 1. The summed E-state index contributed by atoms with van der Waals surface area (Å²) in [6.07, 6.45) is 0.930. The molecule has 0 amide bonds. The maximum Gasteiger partial charge on any atom is 0.342 e. The third kappa shape index (κ3) is 4.18. The summed E-state index contributed by atoms with van der Waals surface area (Å²) >= 11 is 0. The summed E-state index contributed by atoms with van der Waals surface area (Å²) in [5.74, 6) is -1.11. The highest BCUT2D eigenvalue weighted by molar-refractivity contribution is 5.93. The molecule has 0 aliphatic rings. The molecule has 8 heteroatoms. The van der Waals surface area contributed by atoms with Gasteiger partial charge in [0.05, 0.1) is 11.5 Å². The Morgan fingerprint density at radius 3 is 2.89 bits per heavy atom. The Hall–Kier alpha value is -2.22. The molecule has 0 aliphatic heterocycles. The van der Waals surface area contributed by atoms with Crippen LogP contribution in [0.5, 0.6) is 0 Å². The van der Waals surface area contributed by atoms with Gasteiger partial charge in [-0.15, -0.1) is 0 Å². The normalized spacial score (nSPS) is 11.9. The van der Waals surface area contributed by atoms with Crippen LogP contribution in [0.15, 0.2) is 12.3 Å². The minimum atomic E-state index is -1.37. The minimum absolute atomic E-state index is 0.0875. The second kappa shape index (κ2) is 6.64. The van der Waals surface area contributed by atoms with Crippen molar-refractivity contribution < 1.29 is 19.6 Å². The van der Waals surface area contributed by atoms with E-state index in [-0.39, 0.29) is 11.9 Å². The lowest BCUT2D eigenvalue weighted by molar-refractivity contribution is -0.385. The van der Waals surface area contributed by atoms with Crippen molar-refractivity contribution in [2.45, 2.75) is 19.9 Å². The number of hydrogen-bond acceptors (Lipinski definition) is 6. The van der Waals surface area contributed by atoms with E-state index < -0.39 is 22.1 Å². The van der Waals surface area contributed by atoms with E-state index in [2.05, 4.69) is 10.3 Å². The number of ether oxygens (including phenoxy) is 1. The lowest BCUT2D eigenvalue weighted by Crippen LogP contribution is -2.22. The Morgan fingerprint density at radius 2 is 2.37 bits per heavy atom. The Morgan fingerprint density at radius 1 is 1.68 bits per heavy atom. The molecule has 1 atom stereocenters. The number of pyridine rings is 1. The molecule has 1 rings (SSSR count). The van der Waals surface area contributed by atoms with Crippen molar-refractivity contribution in [2.75, 3.05) is 18.5 Å². The van der Waals surface area contributed by atoms with Crippen molar-refractivity contribution in [1.82, 2.24) is 4.98 Å². The molecule has 1 aromatic rings. The number of anilines is 1. The average Bonchev–Trinajstić information content (AvgIpc) is 2.35. The zero-order valence-electron chi connectivity index (χ0n) is 10.6. The van der Waals surface area contributed by atoms with Crippen molar-refractivity contribution in [3.8, 4) is 0 Å². The molecule has 0 aliphatic carbocycles. The Kier molecular flexibility index (Phi) is 5.19. The molecule has 19 heavy (non-hydrogen) atoms. The van der Waals surface area contributed by atoms with Crippen LogP contribution in [-0.4, -0.2) is 40.2 Å². The van der Waals surface area contributed by atoms with Gasteiger partial charge in [-0.3, -0.25) is 10.1 Å². The van der Waals surface area contributed by atoms with Crippen LogP contribution in [0, 0.1) is 10.1 Å². The Bertz CT molecular complexity index is 477. The zero-order valence-corrected chi connectivity index (χ0v) is 10.6. The number of carbonyl (C=O) groups is 1. The fourth-order valence-electron chi connectivity index (χ4n) is 1.43. The summed E-state index contributed by atoms with van der Waals surface area (Å²) in [5, 5.41) is 22.5. The summed E-state index contributed by atoms with van der Waals surface area (Å²) < 4.78 is 5.19. The molecule has 2 N–H and O–H groups in total. The highest BCUT2D eigenvalue weighted by Crippen LogP contribution is 2.20. The molecule has 0 saturated carbocycles. The third-order valence-corrected chi connectivity index (χ3v) is 2.28. The minimum Gasteiger partial charge on any atom is -0.477 e. The predicted molar refractivity (Wildman–Crippen MR) is 67.4 cm³/mol. The summed E-state index contributed by atoms with van der Waals surface area (Å²) in [4.78, 5) is 24.7. The van der Waals surface area contributed by atoms with E-state index in [1.54, 1.807) is 0 Å². The van der Waals surface area contributed by atoms with Crippen molar-refractivity contribution in [1.29, 1.82) is 0 Å². The van der Waals surface area contributed by atoms with Crippen molar-refractivity contribution in [3.05, 3.63) is 27.9 Å². The van der Waals surface area contributed by atoms with Crippen LogP contribution in [0.1, 0.15) is 24.2 Å². The lowest BCUT2D eigenvalue weighted by atomic mass is 10.2. The molecular formula is C11H15N3O5. The monoisotopic (exact) mass is 269 g/mol. The van der Waals surface area contributed by atoms with Gasteiger partial charge in [0.1, 0.15) is 17.6 Å². The van der Waals surface area contributed by atoms with Gasteiger partial charge in [-0.1, -0.05) is 0 Å². The first-order valence-electron chi connectivity index (χ1n) is 5.67. The number of carboxylic acid groups (broad SMARTS) is 1. The van der Waals surface area contributed by atoms with E-state index in [1.165, 1.54) is 0 Å². The molecule has 1 aromatic heterocycles. The molecule has 0 aromatic carbocycles. The van der Waals surface area contributed by atoms with Gasteiger partial charge in [-0.05, 0) is 13.8 Å². The molecule has 0 spiro atoms. The third-order valence-electron chi connectivity index (χ3n) is 2.28. The van der Waals surface area contributed by atoms with E-state index >= 15 is 0 Å². The highest BCUT2D eigenvalue weighted by Gasteiger charge is 2.21. The quantitative estimate of drug-likeness (QED) is 0.569. The first kappa shape index (κ1) is 14.8. The van der Waals surface area contributed by atoms with Crippen LogP contribution >= 0.6 is 0 Å². The summed E-state index contributed by atoms with van der Waals surface area (Å²) in [5.41, 5.74) is -0.929. The topological polar surface area (TPSA) is 115 Å². The van der Waals surface area contributed by atoms with Crippen molar-refractivity contribution in [2.24, 2.45) is 0 Å². The summed E-state index contributed by atoms with van der Waals surface area (Å²) in [6.45, 7) is 4.69. The van der Waals surface area contributed by atoms with Crippen LogP contribution in [0.4, 0.5) is 11.5 Å². The van der Waals surface area contributed by atoms with Gasteiger partial charge < -0.3 is 15.2 Å². The SMILES string of the molecule is CCOCC(C)Nc1cc(C(=O)O)c([N+](=O)[O-])cn1. The van der Waals surface area contributed by atoms with E-state index in [0.29, 0.717) is 13.2 Å². The van der Waals surface area contributed by atoms with Gasteiger partial charge >= 0.3 is 11.7 Å². The first-order valence-corrected chi connectivity index (χ1v) is 5.67. The van der Waals surface area contributed by atoms with Crippen LogP contribution in [0.2, 0.25) is 0 Å². The van der Waals surface area contributed by atoms with Gasteiger partial charge in [-0.25, -0.2) is 9.78 Å². The summed E-state index contributed by atoms with van der Waals surface area (Å²) in [6, 6.07) is 1.05. The van der Waals surface area contributed by atoms with E-state index in [0.717, 1.165) is 12.3 Å². The molecule has 0 radical (unpaired) electrons. The molecule has 1 unspecified atom stereocenters. The largest absolute Gasteiger partial charge is 0.477 e. The second-order valence-electron chi connectivity index (χ2n) is 3.85. The Balaban J connectivity index is 2.90. The van der Waals surface area contributed by atoms with Gasteiger partial charge in [0.2, 0.25) is 0 Å². The number of aromatic nitrogens is 1. The molecular weight excluding hydrogens is 254 g/mol. The van der Waals surface area contributed by atoms with Crippen molar-refractivity contribution >= 4 is 17.5 Å². The molecule has 8 nitrogen and oxygen atoms in total. The van der Waals surface area contributed by atoms with Crippen LogP contribution < -0.4 is 5.32 Å². The van der Waals surface area contributed by atoms with E-state index in [1.807, 2.05) is 13.8 Å².